The number of hydrogen-bond acceptors (Lipinski definition) is 2. The molecule has 0 fully saturated rings. The number of nitrogens with zero attached hydrogens (tertiary/aromatic N) is 1. The van der Waals surface area contributed by atoms with E-state index in [2.05, 4.69) is 5.32 Å². The number of hydrogen-bond donors (Lipinski definition) is 1. The van der Waals surface area contributed by atoms with Gasteiger partial charge in [-0.3, -0.25) is 9.59 Å². The Bertz CT molecular complexity index is 500. The van der Waals surface area contributed by atoms with E-state index in [1.54, 1.807) is 32.0 Å². The summed E-state index contributed by atoms with van der Waals surface area (Å²) in [6.45, 7) is 6.02. The Hall–Kier alpha value is -1.26. The van der Waals surface area contributed by atoms with E-state index in [-0.39, 0.29) is 18.4 Å². The molecule has 0 aliphatic rings. The highest BCUT2D eigenvalue weighted by molar-refractivity contribution is 6.36. The van der Waals surface area contributed by atoms with Crippen LogP contribution < -0.4 is 5.32 Å². The van der Waals surface area contributed by atoms with Crippen LogP contribution in [0.2, 0.25) is 10.0 Å². The minimum absolute atomic E-state index is 0.121. The molecule has 0 saturated heterocycles. The lowest BCUT2D eigenvalue weighted by atomic mass is 10.1. The molecule has 0 aliphatic heterocycles. The van der Waals surface area contributed by atoms with Crippen molar-refractivity contribution < 1.29 is 9.59 Å². The van der Waals surface area contributed by atoms with Crippen molar-refractivity contribution in [2.24, 2.45) is 0 Å². The molecule has 1 aromatic carbocycles. The summed E-state index contributed by atoms with van der Waals surface area (Å²) < 4.78 is 0. The van der Waals surface area contributed by atoms with Gasteiger partial charge in [-0.05, 0) is 26.0 Å². The van der Waals surface area contributed by atoms with Gasteiger partial charge in [0.15, 0.2) is 0 Å². The maximum Gasteiger partial charge on any atom is 0.242 e. The van der Waals surface area contributed by atoms with Gasteiger partial charge in [0.05, 0.1) is 0 Å². The Labute approximate surface area is 135 Å². The average molecular weight is 331 g/mol. The number of amides is 2. The zero-order chi connectivity index (χ0) is 16.0. The van der Waals surface area contributed by atoms with Crippen LogP contribution in [-0.2, 0) is 16.1 Å². The average Bonchev–Trinajstić information content (AvgIpc) is 2.46. The van der Waals surface area contributed by atoms with Gasteiger partial charge < -0.3 is 10.2 Å². The van der Waals surface area contributed by atoms with Crippen molar-refractivity contribution in [1.29, 1.82) is 0 Å². The Balaban J connectivity index is 3.04. The number of carbonyl (C=O) groups excluding carboxylic acids is 2. The van der Waals surface area contributed by atoms with E-state index in [0.717, 1.165) is 0 Å². The number of likely N-dealkylation sites (N-methyl/N-ethyl adjacent to an activating group) is 1. The van der Waals surface area contributed by atoms with E-state index in [1.165, 1.54) is 4.90 Å². The van der Waals surface area contributed by atoms with Crippen LogP contribution >= 0.6 is 23.2 Å². The van der Waals surface area contributed by atoms with Crippen LogP contribution in [-0.4, -0.2) is 29.3 Å². The smallest absolute Gasteiger partial charge is 0.242 e. The number of benzene rings is 1. The predicted octanol–water partition coefficient (Wildman–Crippen LogP) is 3.26. The van der Waals surface area contributed by atoms with E-state index < -0.39 is 6.04 Å². The predicted molar refractivity (Wildman–Crippen MR) is 85.4 cm³/mol. The Morgan fingerprint density at radius 2 is 1.81 bits per heavy atom. The highest BCUT2D eigenvalue weighted by Gasteiger charge is 2.25. The molecule has 1 atom stereocenters. The molecule has 0 aliphatic carbocycles. The number of halogens is 2. The normalized spacial score (nSPS) is 11.9. The first-order chi connectivity index (χ1) is 9.92. The molecule has 1 rings (SSSR count). The van der Waals surface area contributed by atoms with Gasteiger partial charge in [0.2, 0.25) is 11.8 Å². The molecule has 21 heavy (non-hydrogen) atoms. The molecule has 0 saturated carbocycles. The zero-order valence-electron chi connectivity index (χ0n) is 12.5. The minimum Gasteiger partial charge on any atom is -0.355 e. The van der Waals surface area contributed by atoms with Crippen molar-refractivity contribution in [3.8, 4) is 0 Å². The third-order valence-corrected chi connectivity index (χ3v) is 3.92. The molecule has 0 heterocycles. The fourth-order valence-electron chi connectivity index (χ4n) is 1.96. The van der Waals surface area contributed by atoms with Gasteiger partial charge >= 0.3 is 0 Å². The van der Waals surface area contributed by atoms with Crippen LogP contribution in [0.3, 0.4) is 0 Å². The van der Waals surface area contributed by atoms with E-state index in [4.69, 9.17) is 23.2 Å². The number of carbonyl (C=O) groups is 2. The Morgan fingerprint density at radius 1 is 1.24 bits per heavy atom. The van der Waals surface area contributed by atoms with Crippen molar-refractivity contribution in [1.82, 2.24) is 10.2 Å². The Morgan fingerprint density at radius 3 is 2.29 bits per heavy atom. The van der Waals surface area contributed by atoms with E-state index in [9.17, 15) is 9.59 Å². The maximum absolute atomic E-state index is 12.1. The fraction of sp³-hybridized carbons (Fsp3) is 0.467. The summed E-state index contributed by atoms with van der Waals surface area (Å²) in [4.78, 5) is 25.6. The van der Waals surface area contributed by atoms with Crippen molar-refractivity contribution in [2.45, 2.75) is 39.8 Å². The monoisotopic (exact) mass is 330 g/mol. The van der Waals surface area contributed by atoms with Crippen molar-refractivity contribution >= 4 is 35.0 Å². The molecular weight excluding hydrogens is 311 g/mol. The lowest BCUT2D eigenvalue weighted by molar-refractivity contribution is -0.140. The van der Waals surface area contributed by atoms with Crippen LogP contribution in [0.1, 0.15) is 32.8 Å². The fourth-order valence-corrected chi connectivity index (χ4v) is 2.48. The van der Waals surface area contributed by atoms with Crippen LogP contribution in [0.5, 0.6) is 0 Å². The third-order valence-electron chi connectivity index (χ3n) is 3.21. The quantitative estimate of drug-likeness (QED) is 0.870. The van der Waals surface area contributed by atoms with Gasteiger partial charge in [0.25, 0.3) is 0 Å². The first-order valence-corrected chi connectivity index (χ1v) is 7.68. The van der Waals surface area contributed by atoms with Gasteiger partial charge in [-0.2, -0.15) is 0 Å². The van der Waals surface area contributed by atoms with Gasteiger partial charge in [-0.25, -0.2) is 0 Å². The molecule has 6 heteroatoms. The topological polar surface area (TPSA) is 49.4 Å². The largest absolute Gasteiger partial charge is 0.355 e. The zero-order valence-corrected chi connectivity index (χ0v) is 14.0. The number of nitrogens with one attached hydrogen (secondary N) is 1. The van der Waals surface area contributed by atoms with E-state index >= 15 is 0 Å². The summed E-state index contributed by atoms with van der Waals surface area (Å²) in [5, 5.41) is 3.69. The molecule has 0 spiro atoms. The molecule has 1 unspecified atom stereocenters. The second kappa shape index (κ2) is 8.25. The highest BCUT2D eigenvalue weighted by atomic mass is 35.5. The second-order valence-electron chi connectivity index (χ2n) is 4.65. The van der Waals surface area contributed by atoms with E-state index in [0.29, 0.717) is 28.6 Å². The standard InChI is InChI=1S/C15H20Cl2N2O2/c1-4-14(20)19(10(3)15(21)18-5-2)9-11-12(16)7-6-8-13(11)17/h6-8,10H,4-5,9H2,1-3H3,(H,18,21). The minimum atomic E-state index is -0.579. The summed E-state index contributed by atoms with van der Waals surface area (Å²) in [6.07, 6.45) is 0.311. The Kier molecular flexibility index (Phi) is 6.99. The van der Waals surface area contributed by atoms with Gasteiger partial charge in [0.1, 0.15) is 6.04 Å². The van der Waals surface area contributed by atoms with Gasteiger partial charge in [0, 0.05) is 35.1 Å². The van der Waals surface area contributed by atoms with Crippen molar-refractivity contribution in [3.63, 3.8) is 0 Å². The summed E-state index contributed by atoms with van der Waals surface area (Å²) >= 11 is 12.3. The van der Waals surface area contributed by atoms with Crippen LogP contribution in [0.25, 0.3) is 0 Å². The van der Waals surface area contributed by atoms with Crippen molar-refractivity contribution in [3.05, 3.63) is 33.8 Å². The lowest BCUT2D eigenvalue weighted by Crippen LogP contribution is -2.47. The van der Waals surface area contributed by atoms with Gasteiger partial charge in [-0.1, -0.05) is 36.2 Å². The molecule has 1 N–H and O–H groups in total. The molecule has 116 valence electrons. The van der Waals surface area contributed by atoms with Gasteiger partial charge in [-0.15, -0.1) is 0 Å². The van der Waals surface area contributed by atoms with Crippen LogP contribution in [0.4, 0.5) is 0 Å². The first-order valence-electron chi connectivity index (χ1n) is 6.92. The molecule has 0 aromatic heterocycles. The summed E-state index contributed by atoms with van der Waals surface area (Å²) in [7, 11) is 0. The van der Waals surface area contributed by atoms with Crippen molar-refractivity contribution in [2.75, 3.05) is 6.54 Å². The van der Waals surface area contributed by atoms with E-state index in [1.807, 2.05) is 6.92 Å². The molecule has 4 nitrogen and oxygen atoms in total. The molecule has 1 aromatic rings. The number of rotatable bonds is 6. The lowest BCUT2D eigenvalue weighted by Gasteiger charge is -2.29. The van der Waals surface area contributed by atoms with Crippen LogP contribution in [0.15, 0.2) is 18.2 Å². The molecular formula is C15H20Cl2N2O2. The first kappa shape index (κ1) is 17.8. The van der Waals surface area contributed by atoms with Crippen LogP contribution in [0, 0.1) is 0 Å². The second-order valence-corrected chi connectivity index (χ2v) is 5.46. The molecule has 0 radical (unpaired) electrons. The molecule has 0 bridgehead atoms. The highest BCUT2D eigenvalue weighted by Crippen LogP contribution is 2.26. The summed E-state index contributed by atoms with van der Waals surface area (Å²) in [5.41, 5.74) is 0.652. The SMILES string of the molecule is CCNC(=O)C(C)N(Cc1c(Cl)cccc1Cl)C(=O)CC. The summed E-state index contributed by atoms with van der Waals surface area (Å²) in [5.74, 6) is -0.313. The third kappa shape index (κ3) is 4.61. The molecule has 2 amide bonds. The summed E-state index contributed by atoms with van der Waals surface area (Å²) in [6, 6.07) is 4.60. The maximum atomic E-state index is 12.1.